The molecule has 0 unspecified atom stereocenters. The predicted molar refractivity (Wildman–Crippen MR) is 90.4 cm³/mol. The fourth-order valence-electron chi connectivity index (χ4n) is 2.51. The minimum atomic E-state index is -0.977. The Hall–Kier alpha value is -2.91. The van der Waals surface area contributed by atoms with Crippen molar-refractivity contribution in [1.82, 2.24) is 4.98 Å². The predicted octanol–water partition coefficient (Wildman–Crippen LogP) is 4.02. The van der Waals surface area contributed by atoms with Gasteiger partial charge in [-0.3, -0.25) is 0 Å². The minimum absolute atomic E-state index is 0.205. The summed E-state index contributed by atoms with van der Waals surface area (Å²) in [6, 6.07) is 13.6. The molecule has 3 rings (SSSR count). The summed E-state index contributed by atoms with van der Waals surface area (Å²) in [5.74, 6) is -0.977. The molecule has 6 heteroatoms. The molecule has 2 aromatic carbocycles. The molecule has 1 aromatic heterocycles. The van der Waals surface area contributed by atoms with E-state index in [0.29, 0.717) is 17.2 Å². The first-order chi connectivity index (χ1) is 11.2. The number of hydrogen-bond acceptors (Lipinski definition) is 5. The fourth-order valence-corrected chi connectivity index (χ4v) is 3.35. The highest BCUT2D eigenvalue weighted by Gasteiger charge is 2.17. The van der Waals surface area contributed by atoms with E-state index in [9.17, 15) is 10.1 Å². The summed E-state index contributed by atoms with van der Waals surface area (Å²) in [7, 11) is 0. The molecule has 1 heterocycles. The van der Waals surface area contributed by atoms with E-state index in [-0.39, 0.29) is 4.88 Å². The molecule has 0 spiro atoms. The van der Waals surface area contributed by atoms with Crippen LogP contribution in [-0.4, -0.2) is 22.6 Å². The average Bonchev–Trinajstić information content (AvgIpc) is 3.06. The van der Waals surface area contributed by atoms with Crippen LogP contribution in [-0.2, 0) is 0 Å². The van der Waals surface area contributed by atoms with Crippen LogP contribution in [0.2, 0.25) is 0 Å². The summed E-state index contributed by atoms with van der Waals surface area (Å²) in [5.41, 5.74) is 1.53. The Morgan fingerprint density at radius 3 is 2.65 bits per heavy atom. The van der Waals surface area contributed by atoms with Crippen molar-refractivity contribution < 1.29 is 9.90 Å². The summed E-state index contributed by atoms with van der Waals surface area (Å²) in [4.78, 5) is 17.5. The molecule has 23 heavy (non-hydrogen) atoms. The number of aromatic carboxylic acids is 1. The maximum atomic E-state index is 11.1. The molecule has 0 radical (unpaired) electrons. The Bertz CT molecular complexity index is 927. The highest BCUT2D eigenvalue weighted by Crippen LogP contribution is 2.35. The Labute approximate surface area is 137 Å². The third-order valence-corrected chi connectivity index (χ3v) is 4.57. The van der Waals surface area contributed by atoms with Crippen molar-refractivity contribution in [3.8, 4) is 6.07 Å². The van der Waals surface area contributed by atoms with Crippen LogP contribution >= 0.6 is 11.3 Å². The van der Waals surface area contributed by atoms with Gasteiger partial charge >= 0.3 is 5.97 Å². The Balaban J connectivity index is 2.17. The van der Waals surface area contributed by atoms with Crippen LogP contribution in [0.4, 0.5) is 10.8 Å². The number of carboxylic acid groups (broad SMARTS) is 1. The number of carboxylic acids is 1. The van der Waals surface area contributed by atoms with E-state index in [1.54, 1.807) is 6.07 Å². The second kappa shape index (κ2) is 6.07. The van der Waals surface area contributed by atoms with E-state index in [1.165, 1.54) is 6.20 Å². The number of thiazole rings is 1. The lowest BCUT2D eigenvalue weighted by Gasteiger charge is -2.22. The largest absolute Gasteiger partial charge is 0.477 e. The van der Waals surface area contributed by atoms with E-state index in [2.05, 4.69) is 11.1 Å². The Morgan fingerprint density at radius 2 is 2.04 bits per heavy atom. The number of rotatable bonds is 4. The number of nitrogens with zero attached hydrogens (tertiary/aromatic N) is 3. The van der Waals surface area contributed by atoms with E-state index in [4.69, 9.17) is 5.11 Å². The van der Waals surface area contributed by atoms with E-state index < -0.39 is 5.97 Å². The van der Waals surface area contributed by atoms with Gasteiger partial charge in [0.25, 0.3) is 0 Å². The number of aromatic nitrogens is 1. The third kappa shape index (κ3) is 2.62. The molecule has 0 aliphatic rings. The highest BCUT2D eigenvalue weighted by molar-refractivity contribution is 7.17. The standard InChI is InChI=1S/C17H13N3O2S/c1-2-20(17-19-10-15(23-17)16(21)22)14-8-7-11(9-18)12-5-3-4-6-13(12)14/h3-8,10H,2H2,1H3,(H,21,22). The Morgan fingerprint density at radius 1 is 1.30 bits per heavy atom. The Kier molecular flexibility index (Phi) is 3.96. The zero-order valence-electron chi connectivity index (χ0n) is 12.4. The van der Waals surface area contributed by atoms with Crippen LogP contribution in [0.3, 0.4) is 0 Å². The minimum Gasteiger partial charge on any atom is -0.477 e. The van der Waals surface area contributed by atoms with Crippen molar-refractivity contribution >= 4 is 38.9 Å². The van der Waals surface area contributed by atoms with Crippen molar-refractivity contribution in [2.24, 2.45) is 0 Å². The summed E-state index contributed by atoms with van der Waals surface area (Å²) in [5, 5.41) is 20.8. The van der Waals surface area contributed by atoms with Crippen LogP contribution < -0.4 is 4.90 Å². The second-order valence-corrected chi connectivity index (χ2v) is 5.86. The first kappa shape index (κ1) is 15.0. The summed E-state index contributed by atoms with van der Waals surface area (Å²) < 4.78 is 0. The third-order valence-electron chi connectivity index (χ3n) is 3.56. The molecule has 0 bridgehead atoms. The molecule has 0 atom stereocenters. The first-order valence-electron chi connectivity index (χ1n) is 7.04. The molecule has 114 valence electrons. The lowest BCUT2D eigenvalue weighted by molar-refractivity contribution is 0.0702. The first-order valence-corrected chi connectivity index (χ1v) is 7.86. The number of carbonyl (C=O) groups is 1. The van der Waals surface area contributed by atoms with Gasteiger partial charge in [0.2, 0.25) is 0 Å². The number of anilines is 2. The molecule has 5 nitrogen and oxygen atoms in total. The topological polar surface area (TPSA) is 77.2 Å². The average molecular weight is 323 g/mol. The molecule has 0 aliphatic heterocycles. The normalized spacial score (nSPS) is 10.4. The van der Waals surface area contributed by atoms with E-state index in [1.807, 2.05) is 42.2 Å². The van der Waals surface area contributed by atoms with Gasteiger partial charge in [-0.15, -0.1) is 0 Å². The van der Waals surface area contributed by atoms with Crippen molar-refractivity contribution in [1.29, 1.82) is 5.26 Å². The smallest absolute Gasteiger partial charge is 0.347 e. The van der Waals surface area contributed by atoms with Gasteiger partial charge in [0, 0.05) is 17.3 Å². The van der Waals surface area contributed by atoms with E-state index in [0.717, 1.165) is 27.8 Å². The van der Waals surface area contributed by atoms with Crippen molar-refractivity contribution in [3.05, 3.63) is 53.0 Å². The maximum absolute atomic E-state index is 11.1. The van der Waals surface area contributed by atoms with Crippen molar-refractivity contribution in [2.45, 2.75) is 6.92 Å². The van der Waals surface area contributed by atoms with Gasteiger partial charge in [-0.25, -0.2) is 9.78 Å². The second-order valence-electron chi connectivity index (χ2n) is 4.85. The molecule has 0 saturated carbocycles. The van der Waals surface area contributed by atoms with Gasteiger partial charge in [-0.2, -0.15) is 5.26 Å². The molecule has 1 N–H and O–H groups in total. The maximum Gasteiger partial charge on any atom is 0.347 e. The fraction of sp³-hybridized carbons (Fsp3) is 0.118. The van der Waals surface area contributed by atoms with Gasteiger partial charge in [-0.1, -0.05) is 35.6 Å². The van der Waals surface area contributed by atoms with Crippen LogP contribution in [0.25, 0.3) is 10.8 Å². The quantitative estimate of drug-likeness (QED) is 0.784. The number of hydrogen-bond donors (Lipinski definition) is 1. The number of nitriles is 1. The van der Waals surface area contributed by atoms with Gasteiger partial charge in [0.1, 0.15) is 4.88 Å². The molecule has 0 fully saturated rings. The van der Waals surface area contributed by atoms with Crippen LogP contribution in [0.5, 0.6) is 0 Å². The van der Waals surface area contributed by atoms with Gasteiger partial charge in [0.15, 0.2) is 5.13 Å². The van der Waals surface area contributed by atoms with Gasteiger partial charge in [0.05, 0.1) is 23.5 Å². The monoisotopic (exact) mass is 323 g/mol. The zero-order chi connectivity index (χ0) is 16.4. The van der Waals surface area contributed by atoms with Gasteiger partial charge < -0.3 is 10.0 Å². The summed E-state index contributed by atoms with van der Waals surface area (Å²) >= 11 is 1.14. The zero-order valence-corrected chi connectivity index (χ0v) is 13.2. The highest BCUT2D eigenvalue weighted by atomic mass is 32.1. The SMILES string of the molecule is CCN(c1ncc(C(=O)O)s1)c1ccc(C#N)c2ccccc12. The van der Waals surface area contributed by atoms with Crippen molar-refractivity contribution in [3.63, 3.8) is 0 Å². The lowest BCUT2D eigenvalue weighted by Crippen LogP contribution is -2.16. The summed E-state index contributed by atoms with van der Waals surface area (Å²) in [6.07, 6.45) is 1.37. The van der Waals surface area contributed by atoms with Crippen LogP contribution in [0.1, 0.15) is 22.2 Å². The number of fused-ring (bicyclic) bond motifs is 1. The lowest BCUT2D eigenvalue weighted by atomic mass is 10.0. The van der Waals surface area contributed by atoms with Crippen LogP contribution in [0, 0.1) is 11.3 Å². The summed E-state index contributed by atoms with van der Waals surface area (Å²) in [6.45, 7) is 2.62. The van der Waals surface area contributed by atoms with E-state index >= 15 is 0 Å². The molecule has 0 amide bonds. The molecule has 0 aliphatic carbocycles. The molecular weight excluding hydrogens is 310 g/mol. The molecular formula is C17H13N3O2S. The number of benzene rings is 2. The molecule has 3 aromatic rings. The van der Waals surface area contributed by atoms with Crippen molar-refractivity contribution in [2.75, 3.05) is 11.4 Å². The van der Waals surface area contributed by atoms with Crippen LogP contribution in [0.15, 0.2) is 42.6 Å². The molecule has 0 saturated heterocycles. The van der Waals surface area contributed by atoms with Gasteiger partial charge in [-0.05, 0) is 19.1 Å².